The van der Waals surface area contributed by atoms with Gasteiger partial charge in [0.2, 0.25) is 10.0 Å². The van der Waals surface area contributed by atoms with Crippen LogP contribution in [0, 0.1) is 11.3 Å². The average Bonchev–Trinajstić information content (AvgIpc) is 2.64. The lowest BCUT2D eigenvalue weighted by Crippen LogP contribution is -2.26. The molecule has 0 aliphatic rings. The quantitative estimate of drug-likeness (QED) is 0.519. The van der Waals surface area contributed by atoms with E-state index in [2.05, 4.69) is 10.8 Å². The summed E-state index contributed by atoms with van der Waals surface area (Å²) in [5, 5.41) is 8.79. The first-order valence-electron chi connectivity index (χ1n) is 8.21. The minimum Gasteiger partial charge on any atom is -0.289 e. The predicted octanol–water partition coefficient (Wildman–Crippen LogP) is 3.93. The molecular formula is C19H19ClN2O3S. The Morgan fingerprint density at radius 2 is 1.81 bits per heavy atom. The third-order valence-electron chi connectivity index (χ3n) is 3.77. The normalized spacial score (nSPS) is 11.1. The molecule has 0 heterocycles. The van der Waals surface area contributed by atoms with E-state index < -0.39 is 15.8 Å². The lowest BCUT2D eigenvalue weighted by molar-refractivity contribution is 0.103. The van der Waals surface area contributed by atoms with E-state index in [4.69, 9.17) is 16.9 Å². The van der Waals surface area contributed by atoms with Gasteiger partial charge in [-0.05, 0) is 31.0 Å². The number of rotatable bonds is 9. The predicted molar refractivity (Wildman–Crippen MR) is 101 cm³/mol. The first-order valence-corrected chi connectivity index (χ1v) is 10.1. The summed E-state index contributed by atoms with van der Waals surface area (Å²) in [4.78, 5) is 12.6. The van der Waals surface area contributed by atoms with Crippen LogP contribution in [-0.2, 0) is 10.0 Å². The van der Waals surface area contributed by atoms with Crippen molar-refractivity contribution < 1.29 is 13.2 Å². The molecule has 0 aliphatic heterocycles. The highest BCUT2D eigenvalue weighted by Crippen LogP contribution is 2.23. The van der Waals surface area contributed by atoms with Gasteiger partial charge in [0.1, 0.15) is 0 Å². The molecule has 136 valence electrons. The van der Waals surface area contributed by atoms with E-state index in [-0.39, 0.29) is 17.0 Å². The Balaban J connectivity index is 2.21. The van der Waals surface area contributed by atoms with Crippen LogP contribution in [0.25, 0.3) is 0 Å². The van der Waals surface area contributed by atoms with Gasteiger partial charge in [0, 0.05) is 29.1 Å². The van der Waals surface area contributed by atoms with Crippen LogP contribution in [0.15, 0.2) is 53.4 Å². The fourth-order valence-corrected chi connectivity index (χ4v) is 3.88. The molecule has 26 heavy (non-hydrogen) atoms. The van der Waals surface area contributed by atoms with E-state index >= 15 is 0 Å². The van der Waals surface area contributed by atoms with Gasteiger partial charge in [-0.25, -0.2) is 13.1 Å². The Bertz CT molecular complexity index is 906. The highest BCUT2D eigenvalue weighted by atomic mass is 35.5. The molecule has 5 nitrogen and oxygen atoms in total. The van der Waals surface area contributed by atoms with Crippen molar-refractivity contribution in [1.29, 1.82) is 5.26 Å². The van der Waals surface area contributed by atoms with Crippen LogP contribution in [0.4, 0.5) is 0 Å². The number of unbranched alkanes of at least 4 members (excludes halogenated alkanes) is 3. The van der Waals surface area contributed by atoms with Gasteiger partial charge < -0.3 is 0 Å². The maximum absolute atomic E-state index is 12.7. The van der Waals surface area contributed by atoms with Crippen molar-refractivity contribution in [3.63, 3.8) is 0 Å². The average molecular weight is 391 g/mol. The largest absolute Gasteiger partial charge is 0.289 e. The SMILES string of the molecule is N#CCCCCCNS(=O)(=O)c1ccc(Cl)cc1C(=O)c1ccccc1. The third kappa shape index (κ3) is 5.40. The molecule has 0 fully saturated rings. The van der Waals surface area contributed by atoms with Crippen LogP contribution >= 0.6 is 11.6 Å². The molecule has 0 saturated heterocycles. The third-order valence-corrected chi connectivity index (χ3v) is 5.52. The zero-order valence-corrected chi connectivity index (χ0v) is 15.7. The number of hydrogen-bond donors (Lipinski definition) is 1. The van der Waals surface area contributed by atoms with Gasteiger partial charge in [0.05, 0.1) is 11.0 Å². The molecule has 0 amide bonds. The van der Waals surface area contributed by atoms with Crippen molar-refractivity contribution in [2.24, 2.45) is 0 Å². The monoisotopic (exact) mass is 390 g/mol. The number of ketones is 1. The lowest BCUT2D eigenvalue weighted by Gasteiger charge is -2.11. The van der Waals surface area contributed by atoms with Crippen LogP contribution in [0.3, 0.4) is 0 Å². The van der Waals surface area contributed by atoms with Gasteiger partial charge in [-0.2, -0.15) is 5.26 Å². The van der Waals surface area contributed by atoms with Crippen molar-refractivity contribution in [3.8, 4) is 6.07 Å². The number of carbonyl (C=O) groups excluding carboxylic acids is 1. The summed E-state index contributed by atoms with van der Waals surface area (Å²) in [5.74, 6) is -0.400. The van der Waals surface area contributed by atoms with Crippen LogP contribution in [0.1, 0.15) is 41.6 Å². The second kappa shape index (κ2) is 9.48. The topological polar surface area (TPSA) is 87.0 Å². The zero-order valence-electron chi connectivity index (χ0n) is 14.1. The molecule has 0 atom stereocenters. The van der Waals surface area contributed by atoms with Crippen molar-refractivity contribution in [1.82, 2.24) is 4.72 Å². The Hall–Kier alpha value is -2.20. The summed E-state index contributed by atoms with van der Waals surface area (Å²) in [6, 6.07) is 14.7. The standard InChI is InChI=1S/C19H19ClN2O3S/c20-16-10-11-18(26(24,25)22-13-7-2-1-6-12-21)17(14-16)19(23)15-8-4-3-5-9-15/h3-5,8-11,14,22H,1-2,6-7,13H2. The molecule has 0 bridgehead atoms. The highest BCUT2D eigenvalue weighted by molar-refractivity contribution is 7.89. The van der Waals surface area contributed by atoms with E-state index in [1.807, 2.05) is 0 Å². The number of benzene rings is 2. The summed E-state index contributed by atoms with van der Waals surface area (Å²) in [5.41, 5.74) is 0.434. The fourth-order valence-electron chi connectivity index (χ4n) is 2.45. The highest BCUT2D eigenvalue weighted by Gasteiger charge is 2.23. The molecule has 2 aromatic rings. The van der Waals surface area contributed by atoms with E-state index in [1.165, 1.54) is 18.2 Å². The minimum absolute atomic E-state index is 0.0423. The summed E-state index contributed by atoms with van der Waals surface area (Å²) < 4.78 is 27.8. The van der Waals surface area contributed by atoms with E-state index in [9.17, 15) is 13.2 Å². The van der Waals surface area contributed by atoms with Crippen LogP contribution < -0.4 is 4.72 Å². The van der Waals surface area contributed by atoms with Gasteiger partial charge in [-0.1, -0.05) is 48.4 Å². The molecule has 0 aromatic heterocycles. The number of sulfonamides is 1. The molecule has 2 aromatic carbocycles. The second-order valence-electron chi connectivity index (χ2n) is 5.70. The van der Waals surface area contributed by atoms with Crippen molar-refractivity contribution >= 4 is 27.4 Å². The Morgan fingerprint density at radius 1 is 1.08 bits per heavy atom. The van der Waals surface area contributed by atoms with E-state index in [0.717, 1.165) is 12.8 Å². The Morgan fingerprint density at radius 3 is 2.50 bits per heavy atom. The number of halogens is 1. The fraction of sp³-hybridized carbons (Fsp3) is 0.263. The summed E-state index contributed by atoms with van der Waals surface area (Å²) >= 11 is 5.98. The van der Waals surface area contributed by atoms with Gasteiger partial charge in [0.25, 0.3) is 0 Å². The van der Waals surface area contributed by atoms with E-state index in [1.54, 1.807) is 30.3 Å². The number of nitrogens with one attached hydrogen (secondary N) is 1. The maximum atomic E-state index is 12.7. The smallest absolute Gasteiger partial charge is 0.241 e. The van der Waals surface area contributed by atoms with Gasteiger partial charge >= 0.3 is 0 Å². The Kier molecular flexibility index (Phi) is 7.34. The van der Waals surface area contributed by atoms with Gasteiger partial charge in [-0.3, -0.25) is 4.79 Å². The summed E-state index contributed by atoms with van der Waals surface area (Å²) in [7, 11) is -3.85. The zero-order chi connectivity index (χ0) is 19.0. The maximum Gasteiger partial charge on any atom is 0.241 e. The van der Waals surface area contributed by atoms with Crippen LogP contribution in [0.2, 0.25) is 5.02 Å². The van der Waals surface area contributed by atoms with E-state index in [0.29, 0.717) is 23.4 Å². The first kappa shape index (κ1) is 20.1. The molecular weight excluding hydrogens is 372 g/mol. The van der Waals surface area contributed by atoms with Gasteiger partial charge in [0.15, 0.2) is 5.78 Å². The molecule has 2 rings (SSSR count). The number of nitriles is 1. The number of carbonyl (C=O) groups is 1. The number of nitrogens with zero attached hydrogens (tertiary/aromatic N) is 1. The summed E-state index contributed by atoms with van der Waals surface area (Å²) in [6.45, 7) is 0.245. The lowest BCUT2D eigenvalue weighted by atomic mass is 10.0. The number of hydrogen-bond acceptors (Lipinski definition) is 4. The van der Waals surface area contributed by atoms with Crippen molar-refractivity contribution in [2.45, 2.75) is 30.6 Å². The first-order chi connectivity index (χ1) is 12.5. The van der Waals surface area contributed by atoms with Crippen molar-refractivity contribution in [3.05, 3.63) is 64.7 Å². The molecule has 0 saturated carbocycles. The molecule has 0 spiro atoms. The molecule has 0 unspecified atom stereocenters. The second-order valence-corrected chi connectivity index (χ2v) is 7.87. The molecule has 0 radical (unpaired) electrons. The summed E-state index contributed by atoms with van der Waals surface area (Å²) in [6.07, 6.45) is 2.57. The molecule has 7 heteroatoms. The van der Waals surface area contributed by atoms with Crippen molar-refractivity contribution in [2.75, 3.05) is 6.54 Å². The molecule has 0 aliphatic carbocycles. The minimum atomic E-state index is -3.85. The Labute approximate surface area is 158 Å². The molecule has 1 N–H and O–H groups in total. The van der Waals surface area contributed by atoms with Crippen LogP contribution in [-0.4, -0.2) is 20.7 Å². The van der Waals surface area contributed by atoms with Crippen LogP contribution in [0.5, 0.6) is 0 Å². The van der Waals surface area contributed by atoms with Gasteiger partial charge in [-0.15, -0.1) is 0 Å².